The average molecular weight is 1180 g/mol. The van der Waals surface area contributed by atoms with E-state index in [1.54, 1.807) is 6.08 Å². The molecule has 8 nitrogen and oxygen atoms in total. The van der Waals surface area contributed by atoms with E-state index in [0.29, 0.717) is 17.4 Å². The number of rotatable bonds is 63. The van der Waals surface area contributed by atoms with Crippen LogP contribution in [0.15, 0.2) is 109 Å². The van der Waals surface area contributed by atoms with E-state index >= 15 is 0 Å². The van der Waals surface area contributed by atoms with E-state index in [-0.39, 0.29) is 12.5 Å². The van der Waals surface area contributed by atoms with Crippen molar-refractivity contribution in [2.45, 2.75) is 315 Å². The minimum absolute atomic E-state index is 0.0125. The number of phosphoric ester groups is 1. The van der Waals surface area contributed by atoms with Crippen molar-refractivity contribution in [2.24, 2.45) is 0 Å². The van der Waals surface area contributed by atoms with Gasteiger partial charge in [0, 0.05) is 6.42 Å². The monoisotopic (exact) mass is 1180 g/mol. The molecular weight excluding hydrogens is 1040 g/mol. The number of carbonyl (C=O) groups is 1. The molecule has 0 aliphatic rings. The van der Waals surface area contributed by atoms with E-state index < -0.39 is 26.6 Å². The number of unbranched alkanes of at least 4 members (excludes halogenated alkanes) is 34. The van der Waals surface area contributed by atoms with E-state index in [4.69, 9.17) is 9.05 Å². The molecule has 0 aliphatic heterocycles. The molecule has 0 saturated heterocycles. The maximum Gasteiger partial charge on any atom is 0.268 e. The lowest BCUT2D eigenvalue weighted by Gasteiger charge is -2.29. The summed E-state index contributed by atoms with van der Waals surface area (Å²) in [7, 11) is 1.23. The quantitative estimate of drug-likeness (QED) is 0.0272. The second-order valence-electron chi connectivity index (χ2n) is 24.5. The van der Waals surface area contributed by atoms with Gasteiger partial charge in [0.1, 0.15) is 13.2 Å². The van der Waals surface area contributed by atoms with Gasteiger partial charge in [-0.05, 0) is 89.9 Å². The number of aliphatic hydroxyl groups is 1. The van der Waals surface area contributed by atoms with Gasteiger partial charge in [-0.1, -0.05) is 316 Å². The summed E-state index contributed by atoms with van der Waals surface area (Å²) in [6.07, 6.45) is 93.5. The second-order valence-corrected chi connectivity index (χ2v) is 25.9. The molecule has 83 heavy (non-hydrogen) atoms. The van der Waals surface area contributed by atoms with Crippen molar-refractivity contribution in [3.63, 3.8) is 0 Å². The first-order chi connectivity index (χ1) is 40.5. The van der Waals surface area contributed by atoms with Gasteiger partial charge in [0.25, 0.3) is 7.82 Å². The first kappa shape index (κ1) is 80.2. The Bertz CT molecular complexity index is 1720. The molecule has 0 aliphatic carbocycles. The number of likely N-dealkylation sites (N-methyl/N-ethyl adjacent to an activating group) is 1. The Kier molecular flexibility index (Phi) is 61.5. The first-order valence-corrected chi connectivity index (χ1v) is 36.2. The van der Waals surface area contributed by atoms with Crippen molar-refractivity contribution >= 4 is 13.7 Å². The number of phosphoric acid groups is 1. The summed E-state index contributed by atoms with van der Waals surface area (Å²) < 4.78 is 23.4. The highest BCUT2D eigenvalue weighted by Crippen LogP contribution is 2.38. The van der Waals surface area contributed by atoms with Crippen LogP contribution in [0, 0.1) is 0 Å². The number of hydrogen-bond acceptors (Lipinski definition) is 6. The standard InChI is InChI=1S/C74H133N2O6P/c1-6-8-10-12-14-16-18-20-22-24-26-28-30-32-34-36-38-40-42-44-46-48-50-52-54-56-58-60-62-64-66-68-74(78)75-72(71-82-83(79,80)81-70-69-76(3,4)5)73(77)67-65-63-61-59-57-55-53-51-49-47-45-43-41-39-37-35-33-31-29-27-25-23-21-19-17-15-13-11-9-7-2/h8,10,14,16,20,22,26,28,32,34,38,40,44,46,57,59,65,67,72-73,77H,6-7,9,11-13,15,17-19,21,23-25,27,29-31,33,35-37,39,41-43,45,47-56,58,60-64,66,68-71H2,1-5H3,(H-,75,78,79,80)/b10-8-,16-14-,22-20-,28-26-,34-32-,40-38-,46-44-,59-57+,67-65+. The molecule has 0 radical (unpaired) electrons. The van der Waals surface area contributed by atoms with E-state index in [2.05, 4.69) is 116 Å². The Morgan fingerprint density at radius 3 is 1.12 bits per heavy atom. The van der Waals surface area contributed by atoms with Gasteiger partial charge in [-0.15, -0.1) is 0 Å². The minimum Gasteiger partial charge on any atom is -0.756 e. The van der Waals surface area contributed by atoms with Gasteiger partial charge >= 0.3 is 0 Å². The highest BCUT2D eigenvalue weighted by molar-refractivity contribution is 7.45. The van der Waals surface area contributed by atoms with Crippen LogP contribution in [0.5, 0.6) is 0 Å². The molecule has 480 valence electrons. The molecule has 3 unspecified atom stereocenters. The van der Waals surface area contributed by atoms with Gasteiger partial charge in [-0.3, -0.25) is 9.36 Å². The van der Waals surface area contributed by atoms with Gasteiger partial charge in [0.05, 0.1) is 39.9 Å². The topological polar surface area (TPSA) is 108 Å². The Morgan fingerprint density at radius 2 is 0.747 bits per heavy atom. The molecule has 0 aromatic rings. The highest BCUT2D eigenvalue weighted by Gasteiger charge is 2.23. The van der Waals surface area contributed by atoms with Crippen molar-refractivity contribution in [2.75, 3.05) is 40.9 Å². The summed E-state index contributed by atoms with van der Waals surface area (Å²) in [5, 5.41) is 13.9. The second kappa shape index (κ2) is 63.7. The number of amides is 1. The maximum atomic E-state index is 13.0. The van der Waals surface area contributed by atoms with Crippen LogP contribution in [0.3, 0.4) is 0 Å². The van der Waals surface area contributed by atoms with Crippen molar-refractivity contribution in [1.29, 1.82) is 0 Å². The highest BCUT2D eigenvalue weighted by atomic mass is 31.2. The number of hydrogen-bond donors (Lipinski definition) is 2. The zero-order valence-corrected chi connectivity index (χ0v) is 55.8. The predicted molar refractivity (Wildman–Crippen MR) is 362 cm³/mol. The fraction of sp³-hybridized carbons (Fsp3) is 0.743. The number of aliphatic hydroxyl groups excluding tert-OH is 1. The predicted octanol–water partition coefficient (Wildman–Crippen LogP) is 21.6. The van der Waals surface area contributed by atoms with Crippen molar-refractivity contribution in [3.8, 4) is 0 Å². The minimum atomic E-state index is -4.62. The molecule has 0 aromatic carbocycles. The summed E-state index contributed by atoms with van der Waals surface area (Å²) in [5.41, 5.74) is 0. The van der Waals surface area contributed by atoms with Crippen molar-refractivity contribution < 1.29 is 32.9 Å². The molecular formula is C74H133N2O6P. The lowest BCUT2D eigenvalue weighted by Crippen LogP contribution is -2.45. The Morgan fingerprint density at radius 1 is 0.434 bits per heavy atom. The van der Waals surface area contributed by atoms with E-state index in [0.717, 1.165) is 96.3 Å². The summed E-state index contributed by atoms with van der Waals surface area (Å²) >= 11 is 0. The van der Waals surface area contributed by atoms with Crippen LogP contribution < -0.4 is 10.2 Å². The number of allylic oxidation sites excluding steroid dienone is 17. The summed E-state index contributed by atoms with van der Waals surface area (Å²) in [6.45, 7) is 4.53. The molecule has 0 spiro atoms. The number of carbonyl (C=O) groups excluding carboxylic acids is 1. The Labute approximate surface area is 514 Å². The third kappa shape index (κ3) is 66.5. The van der Waals surface area contributed by atoms with Crippen molar-refractivity contribution in [3.05, 3.63) is 109 Å². The third-order valence-corrected chi connectivity index (χ3v) is 16.2. The smallest absolute Gasteiger partial charge is 0.268 e. The summed E-state index contributed by atoms with van der Waals surface area (Å²) in [6, 6.07) is -0.916. The fourth-order valence-corrected chi connectivity index (χ4v) is 10.6. The normalized spacial score (nSPS) is 14.3. The summed E-state index contributed by atoms with van der Waals surface area (Å²) in [5.74, 6) is -0.215. The maximum absolute atomic E-state index is 13.0. The summed E-state index contributed by atoms with van der Waals surface area (Å²) in [4.78, 5) is 25.6. The molecule has 9 heteroatoms. The van der Waals surface area contributed by atoms with Gasteiger partial charge in [0.2, 0.25) is 5.91 Å². The lowest BCUT2D eigenvalue weighted by molar-refractivity contribution is -0.870. The van der Waals surface area contributed by atoms with Gasteiger partial charge in [0.15, 0.2) is 0 Å². The van der Waals surface area contributed by atoms with Crippen LogP contribution in [0.4, 0.5) is 0 Å². The third-order valence-electron chi connectivity index (χ3n) is 15.2. The molecule has 1 amide bonds. The van der Waals surface area contributed by atoms with Crippen molar-refractivity contribution in [1.82, 2.24) is 5.32 Å². The average Bonchev–Trinajstić information content (AvgIpc) is 3.49. The van der Waals surface area contributed by atoms with Gasteiger partial charge < -0.3 is 28.8 Å². The molecule has 0 rings (SSSR count). The van der Waals surface area contributed by atoms with Crippen LogP contribution in [-0.2, 0) is 18.4 Å². The van der Waals surface area contributed by atoms with E-state index in [1.807, 2.05) is 27.2 Å². The fourth-order valence-electron chi connectivity index (χ4n) is 9.86. The zero-order chi connectivity index (χ0) is 60.5. The Balaban J connectivity index is 4.17. The van der Waals surface area contributed by atoms with Crippen LogP contribution in [-0.4, -0.2) is 68.5 Å². The Hall–Kier alpha value is -2.84. The van der Waals surface area contributed by atoms with E-state index in [1.165, 1.54) is 186 Å². The zero-order valence-electron chi connectivity index (χ0n) is 54.9. The number of quaternary nitrogens is 1. The number of nitrogens with one attached hydrogen (secondary N) is 1. The van der Waals surface area contributed by atoms with Crippen LogP contribution in [0.2, 0.25) is 0 Å². The van der Waals surface area contributed by atoms with E-state index in [9.17, 15) is 19.4 Å². The molecule has 0 fully saturated rings. The molecule has 0 saturated carbocycles. The molecule has 0 aromatic heterocycles. The number of nitrogens with zero attached hydrogens (tertiary/aromatic N) is 1. The van der Waals surface area contributed by atoms with Crippen LogP contribution >= 0.6 is 7.82 Å². The molecule has 3 atom stereocenters. The SMILES string of the molecule is CC/C=C\C/C=C\C/C=C\C/C=C\C/C=C\C/C=C\C/C=C\CCCCCCCCCCCC(=O)NC(COP(=O)([O-])OCC[N+](C)(C)C)C(O)/C=C/CC/C=C/CCCCCCCCCCCCCCCCCCCCCCCCCC. The molecule has 2 N–H and O–H groups in total. The molecule has 0 bridgehead atoms. The van der Waals surface area contributed by atoms with Gasteiger partial charge in [-0.25, -0.2) is 0 Å². The van der Waals surface area contributed by atoms with Crippen LogP contribution in [0.25, 0.3) is 0 Å². The van der Waals surface area contributed by atoms with Crippen LogP contribution in [0.1, 0.15) is 303 Å². The first-order valence-electron chi connectivity index (χ1n) is 34.7. The van der Waals surface area contributed by atoms with Gasteiger partial charge in [-0.2, -0.15) is 0 Å². The largest absolute Gasteiger partial charge is 0.756 e. The molecule has 0 heterocycles. The lowest BCUT2D eigenvalue weighted by atomic mass is 10.0.